The van der Waals surface area contributed by atoms with E-state index in [-0.39, 0.29) is 5.91 Å². The Hall–Kier alpha value is -1.16. The molecule has 3 nitrogen and oxygen atoms in total. The van der Waals surface area contributed by atoms with Gasteiger partial charge in [-0.25, -0.2) is 0 Å². The summed E-state index contributed by atoms with van der Waals surface area (Å²) in [5.74, 6) is 1.74. The van der Waals surface area contributed by atoms with E-state index in [9.17, 15) is 4.79 Å². The van der Waals surface area contributed by atoms with Gasteiger partial charge in [0.15, 0.2) is 6.10 Å². The van der Waals surface area contributed by atoms with E-state index in [2.05, 4.69) is 18.3 Å². The Balaban J connectivity index is 1.69. The van der Waals surface area contributed by atoms with Crippen LogP contribution in [0.25, 0.3) is 0 Å². The summed E-state index contributed by atoms with van der Waals surface area (Å²) in [6, 6.07) is 6.01. The lowest BCUT2D eigenvalue weighted by atomic mass is 10.1. The number of carbonyl (C=O) groups is 1. The third-order valence-corrected chi connectivity index (χ3v) is 5.44. The smallest absolute Gasteiger partial charge is 0.260 e. The molecule has 2 rings (SSSR count). The SMILES string of the molecule is Cc1ccc(O[C@@H](C)C(=O)NCCSC2CCCC2)c(C)c1. The molecule has 1 fully saturated rings. The van der Waals surface area contributed by atoms with Crippen LogP contribution in [0.5, 0.6) is 5.75 Å². The Bertz CT molecular complexity index is 498. The van der Waals surface area contributed by atoms with Gasteiger partial charge in [0.25, 0.3) is 5.91 Å². The van der Waals surface area contributed by atoms with Gasteiger partial charge in [-0.1, -0.05) is 30.5 Å². The first kappa shape index (κ1) is 17.2. The van der Waals surface area contributed by atoms with Gasteiger partial charge in [0.1, 0.15) is 5.75 Å². The molecule has 0 unspecified atom stereocenters. The number of rotatable bonds is 7. The number of thioether (sulfide) groups is 1. The predicted molar refractivity (Wildman–Crippen MR) is 93.7 cm³/mol. The maximum Gasteiger partial charge on any atom is 0.260 e. The first-order valence-electron chi connectivity index (χ1n) is 8.19. The van der Waals surface area contributed by atoms with Crippen molar-refractivity contribution in [3.63, 3.8) is 0 Å². The number of aryl methyl sites for hydroxylation is 2. The third kappa shape index (κ3) is 5.24. The highest BCUT2D eigenvalue weighted by atomic mass is 32.2. The minimum Gasteiger partial charge on any atom is -0.481 e. The molecule has 1 saturated carbocycles. The summed E-state index contributed by atoms with van der Waals surface area (Å²) < 4.78 is 5.77. The number of nitrogens with one attached hydrogen (secondary N) is 1. The number of ether oxygens (including phenoxy) is 1. The topological polar surface area (TPSA) is 38.3 Å². The number of benzene rings is 1. The Morgan fingerprint density at radius 3 is 2.77 bits per heavy atom. The van der Waals surface area contributed by atoms with E-state index in [0.29, 0.717) is 0 Å². The molecule has 1 N–H and O–H groups in total. The van der Waals surface area contributed by atoms with Gasteiger partial charge in [-0.05, 0) is 45.2 Å². The molecule has 4 heteroatoms. The molecule has 0 spiro atoms. The highest BCUT2D eigenvalue weighted by Crippen LogP contribution is 2.28. The molecule has 1 aliphatic carbocycles. The summed E-state index contributed by atoms with van der Waals surface area (Å²) in [6.45, 7) is 6.58. The van der Waals surface area contributed by atoms with E-state index in [4.69, 9.17) is 4.74 Å². The molecule has 1 aromatic rings. The van der Waals surface area contributed by atoms with Crippen molar-refractivity contribution in [2.75, 3.05) is 12.3 Å². The van der Waals surface area contributed by atoms with E-state index in [0.717, 1.165) is 28.9 Å². The Morgan fingerprint density at radius 1 is 1.36 bits per heavy atom. The molecular formula is C18H27NO2S. The normalized spacial score (nSPS) is 16.5. The molecule has 122 valence electrons. The van der Waals surface area contributed by atoms with Crippen molar-refractivity contribution in [3.8, 4) is 5.75 Å². The summed E-state index contributed by atoms with van der Waals surface area (Å²) in [5, 5.41) is 3.78. The quantitative estimate of drug-likeness (QED) is 0.775. The zero-order valence-electron chi connectivity index (χ0n) is 13.9. The lowest BCUT2D eigenvalue weighted by molar-refractivity contribution is -0.127. The van der Waals surface area contributed by atoms with Crippen LogP contribution >= 0.6 is 11.8 Å². The van der Waals surface area contributed by atoms with Gasteiger partial charge in [0, 0.05) is 17.5 Å². The van der Waals surface area contributed by atoms with Crippen LogP contribution in [0.3, 0.4) is 0 Å². The van der Waals surface area contributed by atoms with Crippen LogP contribution in [0.15, 0.2) is 18.2 Å². The van der Waals surface area contributed by atoms with Crippen LogP contribution in [0.2, 0.25) is 0 Å². The summed E-state index contributed by atoms with van der Waals surface area (Å²) in [5.41, 5.74) is 2.27. The van der Waals surface area contributed by atoms with Gasteiger partial charge in [-0.3, -0.25) is 4.79 Å². The molecule has 1 atom stereocenters. The maximum absolute atomic E-state index is 12.1. The highest BCUT2D eigenvalue weighted by molar-refractivity contribution is 7.99. The second-order valence-corrected chi connectivity index (χ2v) is 7.51. The fourth-order valence-electron chi connectivity index (χ4n) is 2.77. The first-order valence-corrected chi connectivity index (χ1v) is 9.24. The lowest BCUT2D eigenvalue weighted by Crippen LogP contribution is -2.37. The van der Waals surface area contributed by atoms with Crippen LogP contribution in [0, 0.1) is 13.8 Å². The summed E-state index contributed by atoms with van der Waals surface area (Å²) in [7, 11) is 0. The number of amides is 1. The van der Waals surface area contributed by atoms with Gasteiger partial charge < -0.3 is 10.1 Å². The number of hydrogen-bond donors (Lipinski definition) is 1. The largest absolute Gasteiger partial charge is 0.481 e. The van der Waals surface area contributed by atoms with E-state index in [1.54, 1.807) is 6.92 Å². The molecule has 0 radical (unpaired) electrons. The van der Waals surface area contributed by atoms with Crippen LogP contribution in [0.4, 0.5) is 0 Å². The average molecular weight is 321 g/mol. The zero-order valence-corrected chi connectivity index (χ0v) is 14.7. The van der Waals surface area contributed by atoms with Crippen molar-refractivity contribution >= 4 is 17.7 Å². The molecule has 1 aromatic carbocycles. The van der Waals surface area contributed by atoms with Crippen molar-refractivity contribution in [1.29, 1.82) is 0 Å². The Labute approximate surface area is 138 Å². The molecule has 0 bridgehead atoms. The molecule has 0 aromatic heterocycles. The Kier molecular flexibility index (Phi) is 6.62. The molecule has 0 aliphatic heterocycles. The standard InChI is InChI=1S/C18H27NO2S/c1-13-8-9-17(14(2)12-13)21-15(3)18(20)19-10-11-22-16-6-4-5-7-16/h8-9,12,15-16H,4-7,10-11H2,1-3H3,(H,19,20)/t15-/m0/s1. The summed E-state index contributed by atoms with van der Waals surface area (Å²) >= 11 is 1.99. The van der Waals surface area contributed by atoms with E-state index < -0.39 is 6.10 Å². The summed E-state index contributed by atoms with van der Waals surface area (Å²) in [4.78, 5) is 12.1. The van der Waals surface area contributed by atoms with Gasteiger partial charge in [-0.2, -0.15) is 11.8 Å². The monoisotopic (exact) mass is 321 g/mol. The van der Waals surface area contributed by atoms with Gasteiger partial charge >= 0.3 is 0 Å². The highest BCUT2D eigenvalue weighted by Gasteiger charge is 2.17. The molecule has 0 heterocycles. The van der Waals surface area contributed by atoms with Crippen molar-refractivity contribution in [2.24, 2.45) is 0 Å². The Morgan fingerprint density at radius 2 is 2.09 bits per heavy atom. The van der Waals surface area contributed by atoms with E-state index in [1.165, 1.54) is 31.2 Å². The van der Waals surface area contributed by atoms with E-state index in [1.807, 2.05) is 30.8 Å². The minimum absolute atomic E-state index is 0.0352. The zero-order chi connectivity index (χ0) is 15.9. The second kappa shape index (κ2) is 8.47. The molecule has 1 amide bonds. The number of carbonyl (C=O) groups excluding carboxylic acids is 1. The predicted octanol–water partition coefficient (Wildman–Crippen LogP) is 3.86. The molecular weight excluding hydrogens is 294 g/mol. The fourth-order valence-corrected chi connectivity index (χ4v) is 3.99. The van der Waals surface area contributed by atoms with Crippen LogP contribution in [0.1, 0.15) is 43.7 Å². The summed E-state index contributed by atoms with van der Waals surface area (Å²) in [6.07, 6.45) is 4.95. The first-order chi connectivity index (χ1) is 10.6. The molecule has 0 saturated heterocycles. The van der Waals surface area contributed by atoms with Crippen molar-refractivity contribution < 1.29 is 9.53 Å². The van der Waals surface area contributed by atoms with Gasteiger partial charge in [-0.15, -0.1) is 0 Å². The second-order valence-electron chi connectivity index (χ2n) is 6.10. The average Bonchev–Trinajstić information content (AvgIpc) is 2.99. The van der Waals surface area contributed by atoms with Gasteiger partial charge in [0.05, 0.1) is 0 Å². The van der Waals surface area contributed by atoms with Crippen molar-refractivity contribution in [3.05, 3.63) is 29.3 Å². The van der Waals surface area contributed by atoms with Crippen LogP contribution in [-0.2, 0) is 4.79 Å². The van der Waals surface area contributed by atoms with Crippen molar-refractivity contribution in [1.82, 2.24) is 5.32 Å². The lowest BCUT2D eigenvalue weighted by Gasteiger charge is -2.17. The number of hydrogen-bond acceptors (Lipinski definition) is 3. The molecule has 1 aliphatic rings. The van der Waals surface area contributed by atoms with Crippen LogP contribution < -0.4 is 10.1 Å². The van der Waals surface area contributed by atoms with E-state index >= 15 is 0 Å². The van der Waals surface area contributed by atoms with Crippen LogP contribution in [-0.4, -0.2) is 29.6 Å². The molecule has 22 heavy (non-hydrogen) atoms. The van der Waals surface area contributed by atoms with Crippen molar-refractivity contribution in [2.45, 2.75) is 57.8 Å². The van der Waals surface area contributed by atoms with Gasteiger partial charge in [0.2, 0.25) is 0 Å². The minimum atomic E-state index is -0.460. The maximum atomic E-state index is 12.1. The fraction of sp³-hybridized carbons (Fsp3) is 0.611. The third-order valence-electron chi connectivity index (χ3n) is 4.06.